The fourth-order valence-electron chi connectivity index (χ4n) is 3.45. The molecule has 0 radical (unpaired) electrons. The minimum absolute atomic E-state index is 0.368. The third kappa shape index (κ3) is 3.48. The standard InChI is InChI=1S/C16H34N2/c1-6-11-14(7-2)18-13-16(9-4,10-5)17-12-15(18)8-3/h14-15,17H,6-13H2,1-5H3. The zero-order chi connectivity index (χ0) is 13.6. The molecule has 1 aliphatic heterocycles. The van der Waals surface area contributed by atoms with Crippen LogP contribution in [0.1, 0.15) is 73.1 Å². The van der Waals surface area contributed by atoms with Gasteiger partial charge in [0.25, 0.3) is 0 Å². The van der Waals surface area contributed by atoms with Crippen molar-refractivity contribution in [2.45, 2.75) is 90.8 Å². The van der Waals surface area contributed by atoms with Crippen LogP contribution < -0.4 is 5.32 Å². The highest BCUT2D eigenvalue weighted by Gasteiger charge is 2.38. The number of hydrogen-bond donors (Lipinski definition) is 1. The summed E-state index contributed by atoms with van der Waals surface area (Å²) in [5, 5.41) is 3.84. The Kier molecular flexibility index (Phi) is 6.65. The second kappa shape index (κ2) is 7.49. The number of hydrogen-bond acceptors (Lipinski definition) is 2. The van der Waals surface area contributed by atoms with E-state index in [1.54, 1.807) is 0 Å². The molecule has 108 valence electrons. The third-order valence-electron chi connectivity index (χ3n) is 5.05. The van der Waals surface area contributed by atoms with Crippen molar-refractivity contribution >= 4 is 0 Å². The second-order valence-corrected chi connectivity index (χ2v) is 5.95. The van der Waals surface area contributed by atoms with E-state index in [0.29, 0.717) is 5.54 Å². The number of rotatable bonds is 7. The van der Waals surface area contributed by atoms with Crippen molar-refractivity contribution < 1.29 is 0 Å². The van der Waals surface area contributed by atoms with Crippen LogP contribution in [0.5, 0.6) is 0 Å². The largest absolute Gasteiger partial charge is 0.308 e. The van der Waals surface area contributed by atoms with Gasteiger partial charge in [-0.05, 0) is 32.1 Å². The summed E-state index contributed by atoms with van der Waals surface area (Å²) in [5.74, 6) is 0. The zero-order valence-electron chi connectivity index (χ0n) is 13.3. The molecule has 2 unspecified atom stereocenters. The molecule has 2 heteroatoms. The van der Waals surface area contributed by atoms with Crippen molar-refractivity contribution in [3.63, 3.8) is 0 Å². The van der Waals surface area contributed by atoms with E-state index >= 15 is 0 Å². The lowest BCUT2D eigenvalue weighted by Crippen LogP contribution is -2.65. The molecule has 1 N–H and O–H groups in total. The van der Waals surface area contributed by atoms with E-state index in [4.69, 9.17) is 0 Å². The maximum absolute atomic E-state index is 3.84. The molecule has 0 aromatic rings. The van der Waals surface area contributed by atoms with Crippen LogP contribution in [0.2, 0.25) is 0 Å². The first-order chi connectivity index (χ1) is 8.66. The Morgan fingerprint density at radius 3 is 2.28 bits per heavy atom. The van der Waals surface area contributed by atoms with Gasteiger partial charge in [0.2, 0.25) is 0 Å². The molecule has 0 amide bonds. The van der Waals surface area contributed by atoms with Crippen molar-refractivity contribution in [2.75, 3.05) is 13.1 Å². The van der Waals surface area contributed by atoms with E-state index < -0.39 is 0 Å². The Bertz CT molecular complexity index is 223. The molecular formula is C16H34N2. The van der Waals surface area contributed by atoms with Gasteiger partial charge in [-0.25, -0.2) is 0 Å². The summed E-state index contributed by atoms with van der Waals surface area (Å²) in [7, 11) is 0. The summed E-state index contributed by atoms with van der Waals surface area (Å²) >= 11 is 0. The first-order valence-corrected chi connectivity index (χ1v) is 8.17. The summed E-state index contributed by atoms with van der Waals surface area (Å²) in [4.78, 5) is 2.83. The van der Waals surface area contributed by atoms with Crippen LogP contribution in [-0.4, -0.2) is 35.6 Å². The predicted octanol–water partition coefficient (Wildman–Crippen LogP) is 3.81. The smallest absolute Gasteiger partial charge is 0.0304 e. The van der Waals surface area contributed by atoms with E-state index in [0.717, 1.165) is 12.1 Å². The van der Waals surface area contributed by atoms with Gasteiger partial charge in [-0.1, -0.05) is 41.0 Å². The maximum atomic E-state index is 3.84. The molecule has 0 bridgehead atoms. The van der Waals surface area contributed by atoms with Gasteiger partial charge in [0.05, 0.1) is 0 Å². The van der Waals surface area contributed by atoms with Gasteiger partial charge in [-0.2, -0.15) is 0 Å². The van der Waals surface area contributed by atoms with Crippen LogP contribution in [0.15, 0.2) is 0 Å². The van der Waals surface area contributed by atoms with Crippen molar-refractivity contribution in [1.29, 1.82) is 0 Å². The fraction of sp³-hybridized carbons (Fsp3) is 1.00. The van der Waals surface area contributed by atoms with Gasteiger partial charge in [0, 0.05) is 30.7 Å². The molecule has 0 aromatic carbocycles. The van der Waals surface area contributed by atoms with Crippen LogP contribution in [0.3, 0.4) is 0 Å². The van der Waals surface area contributed by atoms with Gasteiger partial charge in [-0.15, -0.1) is 0 Å². The Labute approximate surface area is 115 Å². The topological polar surface area (TPSA) is 15.3 Å². The molecule has 0 spiro atoms. The van der Waals surface area contributed by atoms with Crippen molar-refractivity contribution in [3.05, 3.63) is 0 Å². The van der Waals surface area contributed by atoms with Gasteiger partial charge < -0.3 is 5.32 Å². The second-order valence-electron chi connectivity index (χ2n) is 5.95. The quantitative estimate of drug-likeness (QED) is 0.743. The number of nitrogens with zero attached hydrogens (tertiary/aromatic N) is 1. The van der Waals surface area contributed by atoms with E-state index in [1.165, 1.54) is 51.6 Å². The van der Waals surface area contributed by atoms with Crippen LogP contribution in [0.25, 0.3) is 0 Å². The summed E-state index contributed by atoms with van der Waals surface area (Å²) < 4.78 is 0. The molecule has 2 atom stereocenters. The lowest BCUT2D eigenvalue weighted by molar-refractivity contribution is 0.0299. The van der Waals surface area contributed by atoms with Crippen LogP contribution in [-0.2, 0) is 0 Å². The summed E-state index contributed by atoms with van der Waals surface area (Å²) in [5.41, 5.74) is 0.368. The lowest BCUT2D eigenvalue weighted by atomic mass is 9.86. The normalized spacial score (nSPS) is 26.2. The van der Waals surface area contributed by atoms with Gasteiger partial charge in [0.1, 0.15) is 0 Å². The summed E-state index contributed by atoms with van der Waals surface area (Å²) in [6, 6.07) is 1.53. The van der Waals surface area contributed by atoms with E-state index in [1.807, 2.05) is 0 Å². The fourth-order valence-corrected chi connectivity index (χ4v) is 3.45. The first-order valence-electron chi connectivity index (χ1n) is 8.17. The molecule has 1 rings (SSSR count). The highest BCUT2D eigenvalue weighted by Crippen LogP contribution is 2.27. The maximum Gasteiger partial charge on any atom is 0.0304 e. The van der Waals surface area contributed by atoms with E-state index in [-0.39, 0.29) is 0 Å². The molecule has 1 heterocycles. The van der Waals surface area contributed by atoms with Gasteiger partial charge in [-0.3, -0.25) is 4.90 Å². The first kappa shape index (κ1) is 16.0. The molecule has 18 heavy (non-hydrogen) atoms. The molecule has 1 aliphatic rings. The number of piperazine rings is 1. The van der Waals surface area contributed by atoms with Gasteiger partial charge in [0.15, 0.2) is 0 Å². The molecule has 1 saturated heterocycles. The average Bonchev–Trinajstić information content (AvgIpc) is 2.44. The van der Waals surface area contributed by atoms with Gasteiger partial charge >= 0.3 is 0 Å². The lowest BCUT2D eigenvalue weighted by Gasteiger charge is -2.50. The Hall–Kier alpha value is -0.0800. The molecule has 0 aromatic heterocycles. The van der Waals surface area contributed by atoms with Crippen LogP contribution >= 0.6 is 0 Å². The van der Waals surface area contributed by atoms with Crippen molar-refractivity contribution in [1.82, 2.24) is 10.2 Å². The van der Waals surface area contributed by atoms with Crippen molar-refractivity contribution in [3.8, 4) is 0 Å². The minimum atomic E-state index is 0.368. The monoisotopic (exact) mass is 254 g/mol. The summed E-state index contributed by atoms with van der Waals surface area (Å²) in [6.45, 7) is 14.1. The van der Waals surface area contributed by atoms with E-state index in [9.17, 15) is 0 Å². The molecule has 2 nitrogen and oxygen atoms in total. The Morgan fingerprint density at radius 1 is 1.17 bits per heavy atom. The third-order valence-corrected chi connectivity index (χ3v) is 5.05. The average molecular weight is 254 g/mol. The molecule has 0 aliphatic carbocycles. The van der Waals surface area contributed by atoms with Crippen LogP contribution in [0, 0.1) is 0 Å². The predicted molar refractivity (Wildman–Crippen MR) is 81.1 cm³/mol. The molecule has 1 fully saturated rings. The SMILES string of the molecule is CCCC(CC)N1CC(CC)(CC)NCC1CC. The van der Waals surface area contributed by atoms with Crippen LogP contribution in [0.4, 0.5) is 0 Å². The molecular weight excluding hydrogens is 220 g/mol. The Balaban J connectivity index is 2.80. The highest BCUT2D eigenvalue weighted by atomic mass is 15.3. The summed E-state index contributed by atoms with van der Waals surface area (Å²) in [6.07, 6.45) is 7.74. The molecule has 0 saturated carbocycles. The van der Waals surface area contributed by atoms with Crippen molar-refractivity contribution in [2.24, 2.45) is 0 Å². The Morgan fingerprint density at radius 2 is 1.83 bits per heavy atom. The van der Waals surface area contributed by atoms with E-state index in [2.05, 4.69) is 44.8 Å². The highest BCUT2D eigenvalue weighted by molar-refractivity contribution is 4.98. The zero-order valence-corrected chi connectivity index (χ0v) is 13.3. The minimum Gasteiger partial charge on any atom is -0.308 e. The number of nitrogens with one attached hydrogen (secondary N) is 1.